The Bertz CT molecular complexity index is 914. The number of fused-ring (bicyclic) bond motifs is 1. The lowest BCUT2D eigenvalue weighted by molar-refractivity contribution is 0.298. The summed E-state index contributed by atoms with van der Waals surface area (Å²) in [6.45, 7) is 5.34. The summed E-state index contributed by atoms with van der Waals surface area (Å²) in [5, 5.41) is 1.51. The van der Waals surface area contributed by atoms with Crippen molar-refractivity contribution in [3.8, 4) is 5.75 Å². The maximum atomic E-state index is 12.8. The highest BCUT2D eigenvalue weighted by Gasteiger charge is 2.13. The van der Waals surface area contributed by atoms with E-state index in [-0.39, 0.29) is 5.56 Å². The minimum absolute atomic E-state index is 0.0561. The van der Waals surface area contributed by atoms with Crippen LogP contribution in [0.4, 0.5) is 0 Å². The van der Waals surface area contributed by atoms with Crippen LogP contribution in [0.2, 0.25) is 0 Å². The molecule has 0 saturated heterocycles. The lowest BCUT2D eigenvalue weighted by Gasteiger charge is -2.11. The molecule has 0 bridgehead atoms. The zero-order valence-corrected chi connectivity index (χ0v) is 16.4. The van der Waals surface area contributed by atoms with Crippen LogP contribution in [-0.4, -0.2) is 22.4 Å². The van der Waals surface area contributed by atoms with Crippen molar-refractivity contribution in [1.82, 2.24) is 9.55 Å². The number of thioether (sulfide) groups is 1. The van der Waals surface area contributed by atoms with E-state index >= 15 is 0 Å². The van der Waals surface area contributed by atoms with Gasteiger partial charge in [-0.1, -0.05) is 36.4 Å². The number of benzene rings is 1. The van der Waals surface area contributed by atoms with Crippen molar-refractivity contribution < 1.29 is 4.74 Å². The molecule has 2 aromatic heterocycles. The Kier molecular flexibility index (Phi) is 5.81. The Labute approximate surface area is 155 Å². The molecule has 4 nitrogen and oxygen atoms in total. The number of aryl methyl sites for hydroxylation is 2. The molecule has 0 aliphatic rings. The van der Waals surface area contributed by atoms with E-state index < -0.39 is 0 Å². The number of rotatable bonds is 7. The molecule has 0 spiro atoms. The summed E-state index contributed by atoms with van der Waals surface area (Å²) in [5.41, 5.74) is 1.27. The molecule has 0 atom stereocenters. The SMILES string of the molecule is CCc1cc2c(=O)n(CCCOc3ccc(C)cc3)c(SC)nc2s1. The molecule has 3 aromatic rings. The van der Waals surface area contributed by atoms with Gasteiger partial charge in [-0.25, -0.2) is 4.98 Å². The van der Waals surface area contributed by atoms with Crippen LogP contribution in [0.3, 0.4) is 0 Å². The van der Waals surface area contributed by atoms with E-state index in [1.807, 2.05) is 36.6 Å². The molecule has 25 heavy (non-hydrogen) atoms. The smallest absolute Gasteiger partial charge is 0.262 e. The van der Waals surface area contributed by atoms with Crippen LogP contribution in [0.5, 0.6) is 5.75 Å². The summed E-state index contributed by atoms with van der Waals surface area (Å²) >= 11 is 3.13. The molecule has 0 saturated carbocycles. The van der Waals surface area contributed by atoms with Crippen LogP contribution in [-0.2, 0) is 13.0 Å². The highest BCUT2D eigenvalue weighted by atomic mass is 32.2. The van der Waals surface area contributed by atoms with Gasteiger partial charge in [0.2, 0.25) is 0 Å². The van der Waals surface area contributed by atoms with Crippen molar-refractivity contribution in [1.29, 1.82) is 0 Å². The average Bonchev–Trinajstić information content (AvgIpc) is 3.05. The van der Waals surface area contributed by atoms with E-state index in [9.17, 15) is 4.79 Å². The molecule has 0 aliphatic carbocycles. The third kappa shape index (κ3) is 4.07. The number of ether oxygens (including phenoxy) is 1. The zero-order chi connectivity index (χ0) is 17.8. The summed E-state index contributed by atoms with van der Waals surface area (Å²) in [7, 11) is 0. The number of thiophene rings is 1. The molecule has 2 heterocycles. The second-order valence-corrected chi connectivity index (χ2v) is 7.74. The van der Waals surface area contributed by atoms with Crippen LogP contribution >= 0.6 is 23.1 Å². The molecule has 3 rings (SSSR count). The number of nitrogens with zero attached hydrogens (tertiary/aromatic N) is 2. The summed E-state index contributed by atoms with van der Waals surface area (Å²) in [6.07, 6.45) is 3.65. The van der Waals surface area contributed by atoms with Crippen molar-refractivity contribution >= 4 is 33.3 Å². The van der Waals surface area contributed by atoms with Crippen molar-refractivity contribution in [2.75, 3.05) is 12.9 Å². The lowest BCUT2D eigenvalue weighted by Crippen LogP contribution is -2.23. The highest BCUT2D eigenvalue weighted by molar-refractivity contribution is 7.98. The molecule has 0 amide bonds. The quantitative estimate of drug-likeness (QED) is 0.346. The van der Waals surface area contributed by atoms with Crippen LogP contribution < -0.4 is 10.3 Å². The monoisotopic (exact) mass is 374 g/mol. The largest absolute Gasteiger partial charge is 0.494 e. The standard InChI is InChI=1S/C19H22N2O2S2/c1-4-15-12-16-17(25-15)20-19(24-3)21(18(16)22)10-5-11-23-14-8-6-13(2)7-9-14/h6-9,12H,4-5,10-11H2,1-3H3. The van der Waals surface area contributed by atoms with Gasteiger partial charge in [-0.15, -0.1) is 11.3 Å². The first-order valence-electron chi connectivity index (χ1n) is 8.39. The fourth-order valence-electron chi connectivity index (χ4n) is 2.62. The van der Waals surface area contributed by atoms with Gasteiger partial charge < -0.3 is 4.74 Å². The van der Waals surface area contributed by atoms with Gasteiger partial charge in [0.15, 0.2) is 5.16 Å². The maximum absolute atomic E-state index is 12.8. The average molecular weight is 375 g/mol. The normalized spacial score (nSPS) is 11.2. The Morgan fingerprint density at radius 2 is 2.04 bits per heavy atom. The third-order valence-corrected chi connectivity index (χ3v) is 5.86. The van der Waals surface area contributed by atoms with Gasteiger partial charge in [0.05, 0.1) is 12.0 Å². The van der Waals surface area contributed by atoms with Crippen LogP contribution in [0.25, 0.3) is 10.2 Å². The van der Waals surface area contributed by atoms with Crippen LogP contribution in [0.15, 0.2) is 40.3 Å². The van der Waals surface area contributed by atoms with Crippen LogP contribution in [0, 0.1) is 6.92 Å². The third-order valence-electron chi connectivity index (χ3n) is 4.01. The van der Waals surface area contributed by atoms with E-state index in [0.29, 0.717) is 13.2 Å². The molecule has 0 radical (unpaired) electrons. The Morgan fingerprint density at radius 3 is 2.72 bits per heavy atom. The fourth-order valence-corrected chi connectivity index (χ4v) is 4.21. The van der Waals surface area contributed by atoms with Crippen molar-refractivity contribution in [3.63, 3.8) is 0 Å². The van der Waals surface area contributed by atoms with Gasteiger partial charge in [-0.3, -0.25) is 9.36 Å². The molecule has 0 aliphatic heterocycles. The van der Waals surface area contributed by atoms with Crippen molar-refractivity contribution in [2.45, 2.75) is 38.4 Å². The molecule has 132 valence electrons. The van der Waals surface area contributed by atoms with E-state index in [2.05, 4.69) is 18.8 Å². The maximum Gasteiger partial charge on any atom is 0.262 e. The molecular formula is C19H22N2O2S2. The molecule has 6 heteroatoms. The summed E-state index contributed by atoms with van der Waals surface area (Å²) in [4.78, 5) is 19.5. The van der Waals surface area contributed by atoms with E-state index in [1.165, 1.54) is 22.2 Å². The lowest BCUT2D eigenvalue weighted by atomic mass is 10.2. The second kappa shape index (κ2) is 8.06. The first kappa shape index (κ1) is 18.0. The predicted molar refractivity (Wildman–Crippen MR) is 106 cm³/mol. The van der Waals surface area contributed by atoms with Gasteiger partial charge in [0.25, 0.3) is 5.56 Å². The predicted octanol–water partition coefficient (Wildman–Crippen LogP) is 4.52. The minimum Gasteiger partial charge on any atom is -0.494 e. The van der Waals surface area contributed by atoms with Crippen LogP contribution in [0.1, 0.15) is 23.8 Å². The van der Waals surface area contributed by atoms with E-state index in [0.717, 1.165) is 34.0 Å². The summed E-state index contributed by atoms with van der Waals surface area (Å²) in [6, 6.07) is 10.00. The topological polar surface area (TPSA) is 44.1 Å². The van der Waals surface area contributed by atoms with Crippen molar-refractivity contribution in [2.24, 2.45) is 0 Å². The van der Waals surface area contributed by atoms with E-state index in [1.54, 1.807) is 15.9 Å². The van der Waals surface area contributed by atoms with Crippen molar-refractivity contribution in [3.05, 3.63) is 51.1 Å². The van der Waals surface area contributed by atoms with Gasteiger partial charge in [-0.2, -0.15) is 0 Å². The molecule has 0 unspecified atom stereocenters. The fraction of sp³-hybridized carbons (Fsp3) is 0.368. The highest BCUT2D eigenvalue weighted by Crippen LogP contribution is 2.24. The minimum atomic E-state index is 0.0561. The van der Waals surface area contributed by atoms with E-state index in [4.69, 9.17) is 4.74 Å². The number of aromatic nitrogens is 2. The first-order valence-corrected chi connectivity index (χ1v) is 10.4. The van der Waals surface area contributed by atoms with Gasteiger partial charge in [-0.05, 0) is 44.2 Å². The Morgan fingerprint density at radius 1 is 1.28 bits per heavy atom. The summed E-state index contributed by atoms with van der Waals surface area (Å²) in [5.74, 6) is 0.863. The Hall–Kier alpha value is -1.79. The van der Waals surface area contributed by atoms with Gasteiger partial charge in [0, 0.05) is 11.4 Å². The zero-order valence-electron chi connectivity index (χ0n) is 14.7. The number of hydrogen-bond donors (Lipinski definition) is 0. The second-order valence-electron chi connectivity index (χ2n) is 5.86. The summed E-state index contributed by atoms with van der Waals surface area (Å²) < 4.78 is 7.54. The molecule has 0 fully saturated rings. The first-order chi connectivity index (χ1) is 12.1. The number of hydrogen-bond acceptors (Lipinski definition) is 5. The molecule has 0 N–H and O–H groups in total. The Balaban J connectivity index is 1.72. The van der Waals surface area contributed by atoms with Gasteiger partial charge >= 0.3 is 0 Å². The molecular weight excluding hydrogens is 352 g/mol. The van der Waals surface area contributed by atoms with Gasteiger partial charge in [0.1, 0.15) is 10.6 Å². The molecule has 1 aromatic carbocycles.